The third-order valence-electron chi connectivity index (χ3n) is 4.24. The van der Waals surface area contributed by atoms with Crippen molar-refractivity contribution in [3.8, 4) is 5.75 Å². The van der Waals surface area contributed by atoms with E-state index in [4.69, 9.17) is 4.74 Å². The van der Waals surface area contributed by atoms with Gasteiger partial charge in [-0.05, 0) is 62.4 Å². The number of Topliss-reactive ketones (excluding diaryl/α,β-unsaturated/α-hetero) is 1. The van der Waals surface area contributed by atoms with Crippen molar-refractivity contribution < 1.29 is 18.7 Å². The van der Waals surface area contributed by atoms with Crippen LogP contribution in [-0.4, -0.2) is 17.7 Å². The summed E-state index contributed by atoms with van der Waals surface area (Å²) >= 11 is 0. The van der Waals surface area contributed by atoms with E-state index in [9.17, 15) is 14.0 Å². The Hall–Kier alpha value is -3.27. The molecule has 27 heavy (non-hydrogen) atoms. The van der Waals surface area contributed by atoms with E-state index in [0.29, 0.717) is 22.4 Å². The second kappa shape index (κ2) is 7.96. The molecule has 4 heteroatoms. The van der Waals surface area contributed by atoms with Crippen molar-refractivity contribution in [2.24, 2.45) is 0 Å². The molecule has 0 unspecified atom stereocenters. The molecule has 0 N–H and O–H groups in total. The Bertz CT molecular complexity index is 942. The number of carbonyl (C=O) groups is 2. The highest BCUT2D eigenvalue weighted by Crippen LogP contribution is 2.18. The molecule has 0 heterocycles. The van der Waals surface area contributed by atoms with Gasteiger partial charge in [0, 0.05) is 16.7 Å². The maximum Gasteiger partial charge on any atom is 0.202 e. The van der Waals surface area contributed by atoms with Gasteiger partial charge in [-0.25, -0.2) is 4.39 Å². The predicted molar refractivity (Wildman–Crippen MR) is 102 cm³/mol. The molecular weight excluding hydrogens is 343 g/mol. The van der Waals surface area contributed by atoms with Crippen molar-refractivity contribution in [3.05, 3.63) is 101 Å². The molecule has 3 rings (SSSR count). The Balaban J connectivity index is 1.68. The number of carbonyl (C=O) groups excluding carboxylic acids is 2. The largest absolute Gasteiger partial charge is 0.483 e. The lowest BCUT2D eigenvalue weighted by molar-refractivity contribution is 0.0817. The quantitative estimate of drug-likeness (QED) is 0.579. The molecule has 0 radical (unpaired) electrons. The smallest absolute Gasteiger partial charge is 0.202 e. The zero-order valence-electron chi connectivity index (χ0n) is 15.1. The van der Waals surface area contributed by atoms with E-state index in [2.05, 4.69) is 0 Å². The molecule has 0 fully saturated rings. The monoisotopic (exact) mass is 362 g/mol. The van der Waals surface area contributed by atoms with Crippen LogP contribution >= 0.6 is 0 Å². The van der Waals surface area contributed by atoms with Gasteiger partial charge >= 0.3 is 0 Å². The van der Waals surface area contributed by atoms with E-state index < -0.39 is 6.10 Å². The maximum absolute atomic E-state index is 13.0. The second-order valence-corrected chi connectivity index (χ2v) is 6.35. The van der Waals surface area contributed by atoms with E-state index in [1.54, 1.807) is 43.3 Å². The van der Waals surface area contributed by atoms with Crippen LogP contribution in [0.1, 0.15) is 38.8 Å². The summed E-state index contributed by atoms with van der Waals surface area (Å²) in [5, 5.41) is 0. The van der Waals surface area contributed by atoms with Crippen molar-refractivity contribution in [2.75, 3.05) is 0 Å². The summed E-state index contributed by atoms with van der Waals surface area (Å²) in [5.41, 5.74) is 2.55. The Morgan fingerprint density at radius 3 is 1.81 bits per heavy atom. The fraction of sp³-hybridized carbons (Fsp3) is 0.130. The van der Waals surface area contributed by atoms with Crippen LogP contribution in [0, 0.1) is 12.7 Å². The van der Waals surface area contributed by atoms with Gasteiger partial charge in [-0.3, -0.25) is 9.59 Å². The van der Waals surface area contributed by atoms with Gasteiger partial charge in [0.15, 0.2) is 11.9 Å². The number of rotatable bonds is 6. The van der Waals surface area contributed by atoms with E-state index in [1.807, 2.05) is 19.1 Å². The topological polar surface area (TPSA) is 43.4 Å². The number of benzene rings is 3. The van der Waals surface area contributed by atoms with Gasteiger partial charge in [0.25, 0.3) is 0 Å². The fourth-order valence-corrected chi connectivity index (χ4v) is 2.66. The van der Waals surface area contributed by atoms with Crippen molar-refractivity contribution in [1.82, 2.24) is 0 Å². The van der Waals surface area contributed by atoms with Gasteiger partial charge in [0.05, 0.1) is 0 Å². The standard InChI is InChI=1S/C23H19FO3/c1-15-3-5-17(6-4-15)22(25)16(2)27-21-13-9-19(10-14-21)23(26)18-7-11-20(24)12-8-18/h3-14,16H,1-2H3/t16-/m0/s1. The van der Waals surface area contributed by atoms with Gasteiger partial charge in [-0.1, -0.05) is 29.8 Å². The lowest BCUT2D eigenvalue weighted by Gasteiger charge is -2.14. The van der Waals surface area contributed by atoms with Crippen molar-refractivity contribution >= 4 is 11.6 Å². The van der Waals surface area contributed by atoms with Crippen LogP contribution in [0.25, 0.3) is 0 Å². The first-order valence-corrected chi connectivity index (χ1v) is 8.62. The zero-order valence-corrected chi connectivity index (χ0v) is 15.1. The van der Waals surface area contributed by atoms with Gasteiger partial charge in [0.1, 0.15) is 11.6 Å². The Morgan fingerprint density at radius 1 is 0.778 bits per heavy atom. The summed E-state index contributed by atoms with van der Waals surface area (Å²) in [7, 11) is 0. The first-order valence-electron chi connectivity index (χ1n) is 8.62. The van der Waals surface area contributed by atoms with Crippen LogP contribution in [0.2, 0.25) is 0 Å². The summed E-state index contributed by atoms with van der Waals surface area (Å²) in [5.74, 6) is -0.201. The van der Waals surface area contributed by atoms with Crippen LogP contribution < -0.4 is 4.74 Å². The SMILES string of the molecule is Cc1ccc(C(=O)[C@H](C)Oc2ccc(C(=O)c3ccc(F)cc3)cc2)cc1. The van der Waals surface area contributed by atoms with E-state index in [-0.39, 0.29) is 17.4 Å². The normalized spacial score (nSPS) is 11.7. The molecule has 0 aliphatic heterocycles. The molecule has 0 spiro atoms. The van der Waals surface area contributed by atoms with Crippen LogP contribution in [0.15, 0.2) is 72.8 Å². The minimum atomic E-state index is -0.647. The average molecular weight is 362 g/mol. The van der Waals surface area contributed by atoms with Gasteiger partial charge in [0.2, 0.25) is 5.78 Å². The second-order valence-electron chi connectivity index (χ2n) is 6.35. The molecule has 1 atom stereocenters. The molecule has 3 aromatic carbocycles. The number of halogens is 1. The molecule has 0 amide bonds. The lowest BCUT2D eigenvalue weighted by Crippen LogP contribution is -2.23. The van der Waals surface area contributed by atoms with E-state index >= 15 is 0 Å². The number of ketones is 2. The molecule has 136 valence electrons. The minimum absolute atomic E-state index is 0.110. The first kappa shape index (κ1) is 18.5. The van der Waals surface area contributed by atoms with E-state index in [0.717, 1.165) is 5.56 Å². The van der Waals surface area contributed by atoms with Crippen LogP contribution in [-0.2, 0) is 0 Å². The summed E-state index contributed by atoms with van der Waals surface area (Å²) in [4.78, 5) is 24.8. The molecule has 0 saturated carbocycles. The Morgan fingerprint density at radius 2 is 1.26 bits per heavy atom. The van der Waals surface area contributed by atoms with E-state index in [1.165, 1.54) is 24.3 Å². The number of aryl methyl sites for hydroxylation is 1. The molecule has 0 aliphatic carbocycles. The highest BCUT2D eigenvalue weighted by molar-refractivity contribution is 6.09. The minimum Gasteiger partial charge on any atom is -0.483 e. The van der Waals surface area contributed by atoms with Crippen molar-refractivity contribution in [1.29, 1.82) is 0 Å². The summed E-state index contributed by atoms with van der Waals surface area (Å²) in [6.45, 7) is 3.66. The molecular formula is C23H19FO3. The maximum atomic E-state index is 13.0. The van der Waals surface area contributed by atoms with Crippen molar-refractivity contribution in [2.45, 2.75) is 20.0 Å². The number of hydrogen-bond acceptors (Lipinski definition) is 3. The van der Waals surface area contributed by atoms with Crippen molar-refractivity contribution in [3.63, 3.8) is 0 Å². The number of hydrogen-bond donors (Lipinski definition) is 0. The lowest BCUT2D eigenvalue weighted by atomic mass is 10.0. The first-order chi connectivity index (χ1) is 12.9. The Labute approximate surface area is 157 Å². The van der Waals surface area contributed by atoms with Gasteiger partial charge in [-0.2, -0.15) is 0 Å². The molecule has 0 aliphatic rings. The molecule has 3 nitrogen and oxygen atoms in total. The van der Waals surface area contributed by atoms with Crippen LogP contribution in [0.3, 0.4) is 0 Å². The fourth-order valence-electron chi connectivity index (χ4n) is 2.66. The summed E-state index contributed by atoms with van der Waals surface area (Å²) in [6, 6.07) is 19.3. The average Bonchev–Trinajstić information content (AvgIpc) is 2.68. The van der Waals surface area contributed by atoms with Crippen LogP contribution in [0.5, 0.6) is 5.75 Å². The highest BCUT2D eigenvalue weighted by Gasteiger charge is 2.17. The molecule has 0 saturated heterocycles. The Kier molecular flexibility index (Phi) is 5.46. The van der Waals surface area contributed by atoms with Gasteiger partial charge < -0.3 is 4.74 Å². The van der Waals surface area contributed by atoms with Gasteiger partial charge in [-0.15, -0.1) is 0 Å². The zero-order chi connectivity index (χ0) is 19.4. The van der Waals surface area contributed by atoms with Crippen LogP contribution in [0.4, 0.5) is 4.39 Å². The summed E-state index contributed by atoms with van der Waals surface area (Å²) < 4.78 is 18.7. The third-order valence-corrected chi connectivity index (χ3v) is 4.24. The predicted octanol–water partition coefficient (Wildman–Crippen LogP) is 5.02. The molecule has 3 aromatic rings. The number of ether oxygens (including phenoxy) is 1. The highest BCUT2D eigenvalue weighted by atomic mass is 19.1. The third kappa shape index (κ3) is 4.47. The summed E-state index contributed by atoms with van der Waals surface area (Å²) in [6.07, 6.45) is -0.647. The molecule has 0 bridgehead atoms. The molecule has 0 aromatic heterocycles.